The second-order valence-corrected chi connectivity index (χ2v) is 2.38. The van der Waals surface area contributed by atoms with Gasteiger partial charge in [-0.3, -0.25) is 4.18 Å². The van der Waals surface area contributed by atoms with E-state index in [1.807, 2.05) is 0 Å². The number of hydrogen-bond acceptors (Lipinski definition) is 5. The Hall–Kier alpha value is -0.0100. The molecule has 0 rings (SSSR count). The van der Waals surface area contributed by atoms with Crippen molar-refractivity contribution in [3.05, 3.63) is 0 Å². The van der Waals surface area contributed by atoms with Gasteiger partial charge in [0.1, 0.15) is 5.72 Å². The van der Waals surface area contributed by atoms with Crippen molar-refractivity contribution in [2.75, 3.05) is 6.54 Å². The molecule has 0 bridgehead atoms. The quantitative estimate of drug-likeness (QED) is 0.377. The largest absolute Gasteiger partial charge is 0.750 e. The van der Waals surface area contributed by atoms with Gasteiger partial charge in [0.25, 0.3) is 0 Å². The summed E-state index contributed by atoms with van der Waals surface area (Å²) in [6.45, 7) is 1.34. The molecule has 0 aliphatic rings. The summed E-state index contributed by atoms with van der Waals surface area (Å²) in [6, 6.07) is 0. The molecule has 9 heavy (non-hydrogen) atoms. The monoisotopic (exact) mass is 153 g/mol. The minimum Gasteiger partial charge on any atom is -0.750 e. The molecule has 0 radical (unpaired) electrons. The van der Waals surface area contributed by atoms with Crippen LogP contribution in [0.1, 0.15) is 6.92 Å². The topological polar surface area (TPSA) is 101 Å². The zero-order valence-corrected chi connectivity index (χ0v) is 5.81. The van der Waals surface area contributed by atoms with Crippen molar-refractivity contribution in [1.82, 2.24) is 0 Å². The van der Waals surface area contributed by atoms with Gasteiger partial charge in [-0.15, -0.1) is 0 Å². The lowest BCUT2D eigenvalue weighted by molar-refractivity contribution is 0.109. The lowest BCUT2D eigenvalue weighted by Crippen LogP contribution is -2.46. The van der Waals surface area contributed by atoms with Crippen molar-refractivity contribution >= 4 is 11.4 Å². The fourth-order valence-corrected chi connectivity index (χ4v) is 0.568. The average Bonchev–Trinajstić information content (AvgIpc) is 1.63. The number of hydrogen-bond donors (Lipinski definition) is 2. The lowest BCUT2D eigenvalue weighted by Gasteiger charge is -2.22. The Balaban J connectivity index is 3.71. The van der Waals surface area contributed by atoms with Gasteiger partial charge in [-0.05, 0) is 6.92 Å². The zero-order chi connectivity index (χ0) is 7.49. The molecule has 2 unspecified atom stereocenters. The highest BCUT2D eigenvalue weighted by Gasteiger charge is 2.16. The first-order chi connectivity index (χ1) is 3.98. The lowest BCUT2D eigenvalue weighted by atomic mass is 10.3. The minimum absolute atomic E-state index is 0.0407. The van der Waals surface area contributed by atoms with Crippen LogP contribution in [0.15, 0.2) is 0 Å². The summed E-state index contributed by atoms with van der Waals surface area (Å²) >= 11 is -2.59. The van der Waals surface area contributed by atoms with E-state index < -0.39 is 17.1 Å². The van der Waals surface area contributed by atoms with Gasteiger partial charge in [-0.2, -0.15) is 0 Å². The molecule has 0 aromatic rings. The van der Waals surface area contributed by atoms with Crippen molar-refractivity contribution in [2.45, 2.75) is 12.6 Å². The summed E-state index contributed by atoms with van der Waals surface area (Å²) in [5.41, 5.74) is 8.94. The molecule has 0 spiro atoms. The maximum absolute atomic E-state index is 9.82. The van der Waals surface area contributed by atoms with Crippen molar-refractivity contribution in [3.63, 3.8) is 0 Å². The standard InChI is InChI=1S/C3H10N2O3S/c1-3(5,2-4)8-9(6)7/h2,4-5H2,1H3,(H,6,7)/p-1. The second kappa shape index (κ2) is 3.23. The predicted molar refractivity (Wildman–Crippen MR) is 31.7 cm³/mol. The summed E-state index contributed by atoms with van der Waals surface area (Å²) in [4.78, 5) is 0. The summed E-state index contributed by atoms with van der Waals surface area (Å²) in [5, 5.41) is 0. The van der Waals surface area contributed by atoms with E-state index in [-0.39, 0.29) is 6.54 Å². The number of rotatable bonds is 3. The molecular formula is C3H9N2O3S-. The van der Waals surface area contributed by atoms with E-state index in [2.05, 4.69) is 4.18 Å². The molecule has 0 aromatic heterocycles. The molecule has 0 fully saturated rings. The van der Waals surface area contributed by atoms with Crippen molar-refractivity contribution in [3.8, 4) is 0 Å². The summed E-state index contributed by atoms with van der Waals surface area (Å²) < 4.78 is 23.8. The van der Waals surface area contributed by atoms with Crippen molar-refractivity contribution < 1.29 is 12.9 Å². The van der Waals surface area contributed by atoms with E-state index in [1.54, 1.807) is 0 Å². The van der Waals surface area contributed by atoms with Crippen LogP contribution < -0.4 is 11.5 Å². The Labute approximate surface area is 55.8 Å². The Morgan fingerprint density at radius 1 is 1.89 bits per heavy atom. The highest BCUT2D eigenvalue weighted by Crippen LogP contribution is 1.99. The van der Waals surface area contributed by atoms with E-state index in [1.165, 1.54) is 6.92 Å². The highest BCUT2D eigenvalue weighted by atomic mass is 32.2. The highest BCUT2D eigenvalue weighted by molar-refractivity contribution is 7.74. The van der Waals surface area contributed by atoms with Crippen LogP contribution in [-0.4, -0.2) is 21.0 Å². The molecule has 5 nitrogen and oxygen atoms in total. The van der Waals surface area contributed by atoms with Gasteiger partial charge in [-0.1, -0.05) is 0 Å². The van der Waals surface area contributed by atoms with E-state index in [0.717, 1.165) is 0 Å². The van der Waals surface area contributed by atoms with Crippen LogP contribution in [-0.2, 0) is 15.5 Å². The second-order valence-electron chi connectivity index (χ2n) is 1.80. The van der Waals surface area contributed by atoms with E-state index >= 15 is 0 Å². The molecular weight excluding hydrogens is 144 g/mol. The maximum Gasteiger partial charge on any atom is 0.141 e. The third-order valence-corrected chi connectivity index (χ3v) is 1.18. The molecule has 0 aromatic carbocycles. The number of nitrogens with two attached hydrogens (primary N) is 2. The van der Waals surface area contributed by atoms with Gasteiger partial charge in [0, 0.05) is 6.54 Å². The van der Waals surface area contributed by atoms with Crippen LogP contribution in [0.3, 0.4) is 0 Å². The van der Waals surface area contributed by atoms with Gasteiger partial charge in [-0.25, -0.2) is 4.21 Å². The van der Waals surface area contributed by atoms with Gasteiger partial charge < -0.3 is 16.0 Å². The minimum atomic E-state index is -2.59. The summed E-state index contributed by atoms with van der Waals surface area (Å²) in [7, 11) is 0. The van der Waals surface area contributed by atoms with E-state index in [9.17, 15) is 8.76 Å². The van der Waals surface area contributed by atoms with Gasteiger partial charge >= 0.3 is 0 Å². The van der Waals surface area contributed by atoms with Crippen molar-refractivity contribution in [1.29, 1.82) is 0 Å². The van der Waals surface area contributed by atoms with Crippen molar-refractivity contribution in [2.24, 2.45) is 11.5 Å². The summed E-state index contributed by atoms with van der Waals surface area (Å²) in [5.74, 6) is 0. The fourth-order valence-electron chi connectivity index (χ4n) is 0.189. The van der Waals surface area contributed by atoms with E-state index in [4.69, 9.17) is 11.5 Å². The van der Waals surface area contributed by atoms with Gasteiger partial charge in [0.2, 0.25) is 0 Å². The zero-order valence-electron chi connectivity index (χ0n) is 4.99. The molecule has 2 atom stereocenters. The Bertz CT molecular complexity index is 116. The van der Waals surface area contributed by atoms with Crippen LogP contribution in [0.4, 0.5) is 0 Å². The van der Waals surface area contributed by atoms with Crippen LogP contribution in [0.5, 0.6) is 0 Å². The van der Waals surface area contributed by atoms with Gasteiger partial charge in [0.15, 0.2) is 0 Å². The van der Waals surface area contributed by atoms with Crippen LogP contribution in [0.25, 0.3) is 0 Å². The van der Waals surface area contributed by atoms with Crippen LogP contribution in [0, 0.1) is 0 Å². The SMILES string of the molecule is CC(N)(CN)OS(=O)[O-]. The molecule has 0 amide bonds. The molecule has 0 aliphatic carbocycles. The Morgan fingerprint density at radius 2 is 2.33 bits per heavy atom. The molecule has 6 heteroatoms. The molecule has 0 heterocycles. The van der Waals surface area contributed by atoms with Crippen LogP contribution >= 0.6 is 0 Å². The first-order valence-corrected chi connectivity index (χ1v) is 3.25. The third-order valence-electron chi connectivity index (χ3n) is 0.664. The predicted octanol–water partition coefficient (Wildman–Crippen LogP) is -1.57. The molecule has 0 aliphatic heterocycles. The Morgan fingerprint density at radius 3 is 2.44 bits per heavy atom. The molecule has 0 saturated heterocycles. The Kier molecular flexibility index (Phi) is 3.23. The first-order valence-electron chi connectivity index (χ1n) is 2.25. The average molecular weight is 153 g/mol. The third kappa shape index (κ3) is 4.49. The maximum atomic E-state index is 9.82. The molecule has 4 N–H and O–H groups in total. The normalized spacial score (nSPS) is 20.9. The fraction of sp³-hybridized carbons (Fsp3) is 1.00. The van der Waals surface area contributed by atoms with Gasteiger partial charge in [0.05, 0.1) is 11.4 Å². The van der Waals surface area contributed by atoms with E-state index in [0.29, 0.717) is 0 Å². The van der Waals surface area contributed by atoms with Crippen LogP contribution in [0.2, 0.25) is 0 Å². The molecule has 0 saturated carbocycles. The summed E-state index contributed by atoms with van der Waals surface area (Å²) in [6.07, 6.45) is 0. The smallest absolute Gasteiger partial charge is 0.141 e. The molecule has 56 valence electrons. The first kappa shape index (κ1) is 8.99.